The van der Waals surface area contributed by atoms with Crippen molar-refractivity contribution < 1.29 is 9.84 Å². The van der Waals surface area contributed by atoms with E-state index in [4.69, 9.17) is 4.74 Å². The lowest BCUT2D eigenvalue weighted by atomic mass is 10.1. The Bertz CT molecular complexity index is 371. The summed E-state index contributed by atoms with van der Waals surface area (Å²) >= 11 is 3.35. The van der Waals surface area contributed by atoms with E-state index in [1.807, 2.05) is 12.1 Å². The first kappa shape index (κ1) is 15.5. The zero-order chi connectivity index (χ0) is 13.5. The van der Waals surface area contributed by atoms with Gasteiger partial charge in [-0.2, -0.15) is 0 Å². The molecule has 0 amide bonds. The molecule has 102 valence electrons. The Balaban J connectivity index is 2.71. The van der Waals surface area contributed by atoms with Crippen molar-refractivity contribution in [3.8, 4) is 5.75 Å². The topological polar surface area (TPSA) is 32.7 Å². The van der Waals surface area contributed by atoms with E-state index >= 15 is 0 Å². The number of phenolic OH excluding ortho intramolecular Hbond substituents is 1. The van der Waals surface area contributed by atoms with Crippen LogP contribution in [0.3, 0.4) is 0 Å². The summed E-state index contributed by atoms with van der Waals surface area (Å²) in [4.78, 5) is 2.39. The fourth-order valence-corrected chi connectivity index (χ4v) is 2.23. The van der Waals surface area contributed by atoms with E-state index in [1.54, 1.807) is 13.2 Å². The molecule has 0 saturated carbocycles. The smallest absolute Gasteiger partial charge is 0.129 e. The van der Waals surface area contributed by atoms with Crippen molar-refractivity contribution in [2.24, 2.45) is 0 Å². The van der Waals surface area contributed by atoms with Crippen molar-refractivity contribution in [3.63, 3.8) is 0 Å². The van der Waals surface area contributed by atoms with Gasteiger partial charge in [0.15, 0.2) is 0 Å². The average Bonchev–Trinajstić information content (AvgIpc) is 2.37. The van der Waals surface area contributed by atoms with Crippen LogP contribution in [0, 0.1) is 0 Å². The summed E-state index contributed by atoms with van der Waals surface area (Å²) in [5.41, 5.74) is 1.19. The molecule has 1 N–H and O–H groups in total. The van der Waals surface area contributed by atoms with Crippen molar-refractivity contribution in [2.45, 2.75) is 32.9 Å². The SMILES string of the molecule is CCC(C)N(CCOC)Cc1ccc(O)c(Br)c1. The minimum absolute atomic E-state index is 0.283. The van der Waals surface area contributed by atoms with Crippen molar-refractivity contribution in [1.82, 2.24) is 4.90 Å². The second-order valence-corrected chi connectivity index (χ2v) is 5.36. The molecule has 18 heavy (non-hydrogen) atoms. The summed E-state index contributed by atoms with van der Waals surface area (Å²) in [6.45, 7) is 6.95. The number of methoxy groups -OCH3 is 1. The van der Waals surface area contributed by atoms with Gasteiger partial charge in [-0.15, -0.1) is 0 Å². The van der Waals surface area contributed by atoms with Crippen LogP contribution in [-0.2, 0) is 11.3 Å². The number of ether oxygens (including phenoxy) is 1. The standard InChI is InChI=1S/C14H22BrNO2/c1-4-11(2)16(7-8-18-3)10-12-5-6-14(17)13(15)9-12/h5-6,9,11,17H,4,7-8,10H2,1-3H3. The first-order valence-corrected chi connectivity index (χ1v) is 7.08. The molecule has 1 unspecified atom stereocenters. The van der Waals surface area contributed by atoms with E-state index in [1.165, 1.54) is 5.56 Å². The summed E-state index contributed by atoms with van der Waals surface area (Å²) in [7, 11) is 1.73. The van der Waals surface area contributed by atoms with Crippen LogP contribution >= 0.6 is 15.9 Å². The van der Waals surface area contributed by atoms with Crippen molar-refractivity contribution >= 4 is 15.9 Å². The van der Waals surface area contributed by atoms with Gasteiger partial charge in [-0.05, 0) is 47.0 Å². The molecule has 0 saturated heterocycles. The molecule has 0 heterocycles. The quantitative estimate of drug-likeness (QED) is 0.837. The molecule has 0 aliphatic heterocycles. The van der Waals surface area contributed by atoms with E-state index < -0.39 is 0 Å². The second-order valence-electron chi connectivity index (χ2n) is 4.51. The van der Waals surface area contributed by atoms with Crippen LogP contribution in [0.4, 0.5) is 0 Å². The van der Waals surface area contributed by atoms with Gasteiger partial charge in [-0.25, -0.2) is 0 Å². The fourth-order valence-electron chi connectivity index (χ4n) is 1.81. The largest absolute Gasteiger partial charge is 0.507 e. The van der Waals surface area contributed by atoms with E-state index in [2.05, 4.69) is 34.7 Å². The maximum absolute atomic E-state index is 9.49. The van der Waals surface area contributed by atoms with Crippen molar-refractivity contribution in [2.75, 3.05) is 20.3 Å². The first-order valence-electron chi connectivity index (χ1n) is 6.28. The molecular weight excluding hydrogens is 294 g/mol. The molecule has 0 fully saturated rings. The Hall–Kier alpha value is -0.580. The molecule has 0 radical (unpaired) electrons. The fraction of sp³-hybridized carbons (Fsp3) is 0.571. The van der Waals surface area contributed by atoms with Crippen LogP contribution in [0.5, 0.6) is 5.75 Å². The average molecular weight is 316 g/mol. The molecule has 0 aliphatic carbocycles. The van der Waals surface area contributed by atoms with Crippen LogP contribution in [0.15, 0.2) is 22.7 Å². The number of hydrogen-bond donors (Lipinski definition) is 1. The molecule has 1 rings (SSSR count). The van der Waals surface area contributed by atoms with Crippen molar-refractivity contribution in [3.05, 3.63) is 28.2 Å². The number of rotatable bonds is 7. The van der Waals surface area contributed by atoms with E-state index in [0.29, 0.717) is 6.04 Å². The Labute approximate surface area is 118 Å². The maximum Gasteiger partial charge on any atom is 0.129 e. The van der Waals surface area contributed by atoms with Crippen LogP contribution < -0.4 is 0 Å². The Morgan fingerprint density at radius 1 is 1.44 bits per heavy atom. The Kier molecular flexibility index (Phi) is 6.68. The number of benzene rings is 1. The zero-order valence-corrected chi connectivity index (χ0v) is 12.9. The highest BCUT2D eigenvalue weighted by Gasteiger charge is 2.13. The summed E-state index contributed by atoms with van der Waals surface area (Å²) in [5.74, 6) is 0.283. The summed E-state index contributed by atoms with van der Waals surface area (Å²) in [6, 6.07) is 6.18. The van der Waals surface area contributed by atoms with E-state index in [0.717, 1.165) is 30.6 Å². The third-order valence-corrected chi connectivity index (χ3v) is 3.83. The van der Waals surface area contributed by atoms with Crippen molar-refractivity contribution in [1.29, 1.82) is 0 Å². The highest BCUT2D eigenvalue weighted by atomic mass is 79.9. The van der Waals surface area contributed by atoms with E-state index in [-0.39, 0.29) is 5.75 Å². The first-order chi connectivity index (χ1) is 8.58. The second kappa shape index (κ2) is 7.77. The Morgan fingerprint density at radius 2 is 2.17 bits per heavy atom. The van der Waals surface area contributed by atoms with Gasteiger partial charge in [0.2, 0.25) is 0 Å². The minimum Gasteiger partial charge on any atom is -0.507 e. The van der Waals surface area contributed by atoms with Gasteiger partial charge < -0.3 is 9.84 Å². The number of phenols is 1. The van der Waals surface area contributed by atoms with Crippen LogP contribution in [0.25, 0.3) is 0 Å². The van der Waals surface area contributed by atoms with Gasteiger partial charge in [-0.1, -0.05) is 13.0 Å². The third kappa shape index (κ3) is 4.59. The van der Waals surface area contributed by atoms with Gasteiger partial charge in [0.05, 0.1) is 11.1 Å². The number of nitrogens with zero attached hydrogens (tertiary/aromatic N) is 1. The molecule has 0 spiro atoms. The molecule has 0 aliphatic rings. The molecule has 3 nitrogen and oxygen atoms in total. The van der Waals surface area contributed by atoms with Crippen LogP contribution in [-0.4, -0.2) is 36.3 Å². The number of aromatic hydroxyl groups is 1. The van der Waals surface area contributed by atoms with Gasteiger partial charge >= 0.3 is 0 Å². The third-order valence-electron chi connectivity index (χ3n) is 3.19. The monoisotopic (exact) mass is 315 g/mol. The molecule has 4 heteroatoms. The summed E-state index contributed by atoms with van der Waals surface area (Å²) < 4.78 is 5.90. The summed E-state index contributed by atoms with van der Waals surface area (Å²) in [5, 5.41) is 9.49. The molecule has 0 aromatic heterocycles. The van der Waals surface area contributed by atoms with Gasteiger partial charge in [0.25, 0.3) is 0 Å². The highest BCUT2D eigenvalue weighted by molar-refractivity contribution is 9.10. The Morgan fingerprint density at radius 3 is 2.72 bits per heavy atom. The van der Waals surface area contributed by atoms with Gasteiger partial charge in [0.1, 0.15) is 5.75 Å². The molecule has 1 aromatic rings. The predicted molar refractivity (Wildman–Crippen MR) is 77.8 cm³/mol. The zero-order valence-electron chi connectivity index (χ0n) is 11.3. The lowest BCUT2D eigenvalue weighted by Gasteiger charge is -2.28. The highest BCUT2D eigenvalue weighted by Crippen LogP contribution is 2.25. The van der Waals surface area contributed by atoms with Crippen LogP contribution in [0.1, 0.15) is 25.8 Å². The maximum atomic E-state index is 9.49. The van der Waals surface area contributed by atoms with Gasteiger partial charge in [-0.3, -0.25) is 4.90 Å². The normalized spacial score (nSPS) is 12.9. The number of halogens is 1. The lowest BCUT2D eigenvalue weighted by Crippen LogP contribution is -2.34. The number of hydrogen-bond acceptors (Lipinski definition) is 3. The molecule has 1 atom stereocenters. The molecular formula is C14H22BrNO2. The predicted octanol–water partition coefficient (Wildman–Crippen LogP) is 3.40. The van der Waals surface area contributed by atoms with Gasteiger partial charge in [0, 0.05) is 26.2 Å². The van der Waals surface area contributed by atoms with Crippen LogP contribution in [0.2, 0.25) is 0 Å². The lowest BCUT2D eigenvalue weighted by molar-refractivity contribution is 0.118. The minimum atomic E-state index is 0.283. The molecule has 0 bridgehead atoms. The van der Waals surface area contributed by atoms with E-state index in [9.17, 15) is 5.11 Å². The molecule has 1 aromatic carbocycles. The summed E-state index contributed by atoms with van der Waals surface area (Å²) in [6.07, 6.45) is 1.11.